The fraction of sp³-hybridized carbons (Fsp3) is 0.381. The van der Waals surface area contributed by atoms with Gasteiger partial charge in [0.25, 0.3) is 5.91 Å². The number of carbonyl (C=O) groups is 3. The van der Waals surface area contributed by atoms with Gasteiger partial charge in [0.1, 0.15) is 6.04 Å². The molecule has 1 fully saturated rings. The number of nitrogens with one attached hydrogen (secondary N) is 1. The van der Waals surface area contributed by atoms with Gasteiger partial charge >= 0.3 is 6.03 Å². The summed E-state index contributed by atoms with van der Waals surface area (Å²) in [6.07, 6.45) is 1.37. The summed E-state index contributed by atoms with van der Waals surface area (Å²) in [5.74, 6) is -0.531. The molecule has 1 aliphatic rings. The van der Waals surface area contributed by atoms with E-state index in [1.165, 1.54) is 0 Å². The molecule has 1 saturated heterocycles. The smallest absolute Gasteiger partial charge is 0.325 e. The quantitative estimate of drug-likeness (QED) is 0.604. The number of amides is 3. The Morgan fingerprint density at radius 3 is 2.52 bits per heavy atom. The van der Waals surface area contributed by atoms with E-state index in [9.17, 15) is 14.4 Å². The Morgan fingerprint density at radius 2 is 1.85 bits per heavy atom. The zero-order valence-electron chi connectivity index (χ0n) is 16.0. The first kappa shape index (κ1) is 18.9. The Balaban J connectivity index is 1.77. The summed E-state index contributed by atoms with van der Waals surface area (Å²) >= 11 is 0. The number of aryl methyl sites for hydroxylation is 1. The Bertz CT molecular complexity index is 870. The molecule has 6 nitrogen and oxygen atoms in total. The zero-order chi connectivity index (χ0) is 19.6. The van der Waals surface area contributed by atoms with Crippen LogP contribution in [0.2, 0.25) is 0 Å². The molecule has 2 heterocycles. The van der Waals surface area contributed by atoms with Gasteiger partial charge in [-0.1, -0.05) is 43.7 Å². The molecule has 0 aliphatic carbocycles. The number of carbonyl (C=O) groups excluding carboxylic acids is 3. The molecular formula is C21H25N3O3. The van der Waals surface area contributed by atoms with E-state index < -0.39 is 12.1 Å². The topological polar surface area (TPSA) is 71.4 Å². The third kappa shape index (κ3) is 3.79. The summed E-state index contributed by atoms with van der Waals surface area (Å²) in [6, 6.07) is 10.9. The van der Waals surface area contributed by atoms with Crippen molar-refractivity contribution in [2.75, 3.05) is 6.54 Å². The number of benzene rings is 1. The van der Waals surface area contributed by atoms with Crippen LogP contribution in [0, 0.1) is 13.8 Å². The van der Waals surface area contributed by atoms with Crippen molar-refractivity contribution in [3.05, 3.63) is 58.9 Å². The van der Waals surface area contributed by atoms with E-state index in [2.05, 4.69) is 9.88 Å². The lowest BCUT2D eigenvalue weighted by Crippen LogP contribution is -2.36. The molecule has 1 aliphatic heterocycles. The molecule has 0 spiro atoms. The molecule has 0 bridgehead atoms. The van der Waals surface area contributed by atoms with Gasteiger partial charge in [-0.2, -0.15) is 0 Å². The van der Waals surface area contributed by atoms with E-state index in [1.54, 1.807) is 0 Å². The van der Waals surface area contributed by atoms with Crippen LogP contribution in [0.3, 0.4) is 0 Å². The number of imide groups is 1. The van der Waals surface area contributed by atoms with Gasteiger partial charge < -0.3 is 9.88 Å². The number of urea groups is 1. The fourth-order valence-corrected chi connectivity index (χ4v) is 3.53. The summed E-state index contributed by atoms with van der Waals surface area (Å²) in [5, 5.41) is 2.66. The molecule has 3 amide bonds. The van der Waals surface area contributed by atoms with Gasteiger partial charge in [0.2, 0.25) is 0 Å². The highest BCUT2D eigenvalue weighted by Crippen LogP contribution is 2.19. The Hall–Kier alpha value is -2.89. The predicted octanol–water partition coefficient (Wildman–Crippen LogP) is 3.06. The number of aromatic nitrogens is 1. The standard InChI is InChI=1S/C21H25N3O3/c1-4-8-18-20(26)24(21(27)22-18)13-19(25)17-11-14(2)23(15(17)3)12-16-9-6-5-7-10-16/h5-7,9-11,18H,4,8,12-13H2,1-3H3,(H,22,27)/t18-/m1/s1. The second-order valence-electron chi connectivity index (χ2n) is 6.99. The van der Waals surface area contributed by atoms with Crippen LogP contribution in [0.15, 0.2) is 36.4 Å². The van der Waals surface area contributed by atoms with Crippen molar-refractivity contribution in [2.24, 2.45) is 0 Å². The van der Waals surface area contributed by atoms with E-state index in [4.69, 9.17) is 0 Å². The molecular weight excluding hydrogens is 342 g/mol. The molecule has 3 rings (SSSR count). The van der Waals surface area contributed by atoms with Crippen LogP contribution < -0.4 is 5.32 Å². The average Bonchev–Trinajstić information content (AvgIpc) is 3.08. The first-order valence-electron chi connectivity index (χ1n) is 9.28. The molecule has 6 heteroatoms. The van der Waals surface area contributed by atoms with Crippen molar-refractivity contribution in [2.45, 2.75) is 46.2 Å². The van der Waals surface area contributed by atoms with Gasteiger partial charge in [0.15, 0.2) is 5.78 Å². The average molecular weight is 367 g/mol. The van der Waals surface area contributed by atoms with Crippen molar-refractivity contribution in [1.29, 1.82) is 0 Å². The van der Waals surface area contributed by atoms with E-state index >= 15 is 0 Å². The molecule has 1 atom stereocenters. The van der Waals surface area contributed by atoms with Crippen LogP contribution in [0.1, 0.15) is 47.1 Å². The summed E-state index contributed by atoms with van der Waals surface area (Å²) in [4.78, 5) is 38.3. The summed E-state index contributed by atoms with van der Waals surface area (Å²) in [5.41, 5.74) is 3.53. The van der Waals surface area contributed by atoms with Crippen molar-refractivity contribution in [3.63, 3.8) is 0 Å². The first-order chi connectivity index (χ1) is 12.9. The second kappa shape index (κ2) is 7.78. The normalized spacial score (nSPS) is 16.7. The molecule has 1 aromatic heterocycles. The maximum absolute atomic E-state index is 12.8. The van der Waals surface area contributed by atoms with Crippen molar-refractivity contribution in [3.8, 4) is 0 Å². The number of hydrogen-bond acceptors (Lipinski definition) is 3. The van der Waals surface area contributed by atoms with Gasteiger partial charge in [-0.05, 0) is 31.9 Å². The highest BCUT2D eigenvalue weighted by Gasteiger charge is 2.38. The van der Waals surface area contributed by atoms with Crippen molar-refractivity contribution >= 4 is 17.7 Å². The summed E-state index contributed by atoms with van der Waals surface area (Å²) in [7, 11) is 0. The Morgan fingerprint density at radius 1 is 1.15 bits per heavy atom. The number of nitrogens with zero attached hydrogens (tertiary/aromatic N) is 2. The maximum atomic E-state index is 12.8. The molecule has 1 N–H and O–H groups in total. The maximum Gasteiger partial charge on any atom is 0.325 e. The van der Waals surface area contributed by atoms with Crippen molar-refractivity contribution in [1.82, 2.24) is 14.8 Å². The first-order valence-corrected chi connectivity index (χ1v) is 9.28. The van der Waals surface area contributed by atoms with E-state index in [0.717, 1.165) is 28.3 Å². The SMILES string of the molecule is CCC[C@H]1NC(=O)N(CC(=O)c2cc(C)n(Cc3ccccc3)c2C)C1=O. The lowest BCUT2D eigenvalue weighted by molar-refractivity contribution is -0.127. The third-order valence-corrected chi connectivity index (χ3v) is 5.04. The van der Waals surface area contributed by atoms with Gasteiger partial charge in [0, 0.05) is 23.5 Å². The van der Waals surface area contributed by atoms with Crippen LogP contribution in [0.25, 0.3) is 0 Å². The van der Waals surface area contributed by atoms with Crippen LogP contribution in [0.5, 0.6) is 0 Å². The van der Waals surface area contributed by atoms with Crippen LogP contribution in [0.4, 0.5) is 4.79 Å². The van der Waals surface area contributed by atoms with Crippen LogP contribution in [-0.2, 0) is 11.3 Å². The molecule has 2 aromatic rings. The van der Waals surface area contributed by atoms with E-state index in [0.29, 0.717) is 18.5 Å². The molecule has 0 saturated carbocycles. The largest absolute Gasteiger partial charge is 0.344 e. The number of Topliss-reactive ketones (excluding diaryl/α,β-unsaturated/α-hetero) is 1. The molecule has 27 heavy (non-hydrogen) atoms. The monoisotopic (exact) mass is 367 g/mol. The van der Waals surface area contributed by atoms with Crippen LogP contribution >= 0.6 is 0 Å². The highest BCUT2D eigenvalue weighted by atomic mass is 16.2. The molecule has 0 unspecified atom stereocenters. The molecule has 1 aromatic carbocycles. The minimum Gasteiger partial charge on any atom is -0.344 e. The lowest BCUT2D eigenvalue weighted by Gasteiger charge is -2.13. The zero-order valence-corrected chi connectivity index (χ0v) is 16.0. The van der Waals surface area contributed by atoms with E-state index in [1.807, 2.05) is 57.2 Å². The van der Waals surface area contributed by atoms with Gasteiger partial charge in [0.05, 0.1) is 6.54 Å². The van der Waals surface area contributed by atoms with Crippen molar-refractivity contribution < 1.29 is 14.4 Å². The Labute approximate surface area is 159 Å². The van der Waals surface area contributed by atoms with E-state index in [-0.39, 0.29) is 18.2 Å². The minimum absolute atomic E-state index is 0.219. The summed E-state index contributed by atoms with van der Waals surface area (Å²) < 4.78 is 2.08. The Kier molecular flexibility index (Phi) is 5.44. The highest BCUT2D eigenvalue weighted by molar-refractivity contribution is 6.09. The lowest BCUT2D eigenvalue weighted by atomic mass is 10.1. The number of hydrogen-bond donors (Lipinski definition) is 1. The second-order valence-corrected chi connectivity index (χ2v) is 6.99. The summed E-state index contributed by atoms with van der Waals surface area (Å²) in [6.45, 7) is 6.26. The van der Waals surface area contributed by atoms with Gasteiger partial charge in [-0.15, -0.1) is 0 Å². The molecule has 142 valence electrons. The predicted molar refractivity (Wildman–Crippen MR) is 103 cm³/mol. The third-order valence-electron chi connectivity index (χ3n) is 5.04. The van der Waals surface area contributed by atoms with Gasteiger partial charge in [-0.3, -0.25) is 14.5 Å². The van der Waals surface area contributed by atoms with Gasteiger partial charge in [-0.25, -0.2) is 4.79 Å². The minimum atomic E-state index is -0.513. The number of rotatable bonds is 7. The number of ketones is 1. The molecule has 0 radical (unpaired) electrons. The van der Waals surface area contributed by atoms with Crippen LogP contribution in [-0.4, -0.2) is 39.8 Å². The fourth-order valence-electron chi connectivity index (χ4n) is 3.53.